The van der Waals surface area contributed by atoms with Gasteiger partial charge in [0.2, 0.25) is 0 Å². The third-order valence-electron chi connectivity index (χ3n) is 4.16. The van der Waals surface area contributed by atoms with Crippen molar-refractivity contribution in [3.63, 3.8) is 0 Å². The summed E-state index contributed by atoms with van der Waals surface area (Å²) in [7, 11) is 4.51. The lowest BCUT2D eigenvalue weighted by atomic mass is 9.88. The zero-order chi connectivity index (χ0) is 13.6. The van der Waals surface area contributed by atoms with Gasteiger partial charge in [0.25, 0.3) is 0 Å². The standard InChI is InChI=1S/C15H33N3/c1-15(2,8-9-16)13-18(4)11-7-14-6-5-10-17(3)12-14/h14H,5-13,16H2,1-4H3. The third-order valence-corrected chi connectivity index (χ3v) is 4.16. The Morgan fingerprint density at radius 3 is 2.72 bits per heavy atom. The van der Waals surface area contributed by atoms with Crippen LogP contribution in [0.15, 0.2) is 0 Å². The zero-order valence-corrected chi connectivity index (χ0v) is 12.9. The van der Waals surface area contributed by atoms with Crippen LogP contribution in [0.2, 0.25) is 0 Å². The van der Waals surface area contributed by atoms with E-state index < -0.39 is 0 Å². The van der Waals surface area contributed by atoms with E-state index >= 15 is 0 Å². The number of rotatable bonds is 7. The van der Waals surface area contributed by atoms with Crippen LogP contribution >= 0.6 is 0 Å². The molecule has 1 aliphatic heterocycles. The van der Waals surface area contributed by atoms with Gasteiger partial charge in [0.15, 0.2) is 0 Å². The van der Waals surface area contributed by atoms with Crippen molar-refractivity contribution in [2.45, 2.75) is 39.5 Å². The van der Waals surface area contributed by atoms with Crippen LogP contribution in [-0.2, 0) is 0 Å². The molecule has 0 aromatic carbocycles. The molecule has 0 saturated carbocycles. The van der Waals surface area contributed by atoms with Crippen LogP contribution < -0.4 is 5.73 Å². The lowest BCUT2D eigenvalue weighted by molar-refractivity contribution is 0.161. The second kappa shape index (κ2) is 7.46. The lowest BCUT2D eigenvalue weighted by Crippen LogP contribution is -2.36. The molecule has 3 heteroatoms. The first-order valence-corrected chi connectivity index (χ1v) is 7.50. The van der Waals surface area contributed by atoms with E-state index in [0.29, 0.717) is 5.41 Å². The van der Waals surface area contributed by atoms with Crippen molar-refractivity contribution in [2.75, 3.05) is 46.8 Å². The topological polar surface area (TPSA) is 32.5 Å². The molecule has 1 unspecified atom stereocenters. The van der Waals surface area contributed by atoms with E-state index in [2.05, 4.69) is 37.7 Å². The molecule has 0 bridgehead atoms. The molecule has 3 nitrogen and oxygen atoms in total. The van der Waals surface area contributed by atoms with Gasteiger partial charge in [-0.1, -0.05) is 13.8 Å². The van der Waals surface area contributed by atoms with Gasteiger partial charge in [0, 0.05) is 13.1 Å². The highest BCUT2D eigenvalue weighted by molar-refractivity contribution is 4.75. The summed E-state index contributed by atoms with van der Waals surface area (Å²) in [6.45, 7) is 10.4. The number of nitrogens with two attached hydrogens (primary N) is 1. The minimum atomic E-state index is 0.354. The maximum atomic E-state index is 5.67. The predicted octanol–water partition coefficient (Wildman–Crippen LogP) is 2.03. The fourth-order valence-electron chi connectivity index (χ4n) is 3.19. The molecule has 0 aliphatic carbocycles. The Labute approximate surface area is 114 Å². The highest BCUT2D eigenvalue weighted by Gasteiger charge is 2.21. The van der Waals surface area contributed by atoms with Gasteiger partial charge in [-0.25, -0.2) is 0 Å². The van der Waals surface area contributed by atoms with Gasteiger partial charge in [0.05, 0.1) is 0 Å². The molecule has 0 spiro atoms. The Bertz CT molecular complexity index is 228. The Hall–Kier alpha value is -0.120. The summed E-state index contributed by atoms with van der Waals surface area (Å²) in [4.78, 5) is 4.97. The van der Waals surface area contributed by atoms with Crippen molar-refractivity contribution in [1.29, 1.82) is 0 Å². The van der Waals surface area contributed by atoms with Gasteiger partial charge in [-0.2, -0.15) is 0 Å². The zero-order valence-electron chi connectivity index (χ0n) is 12.9. The van der Waals surface area contributed by atoms with Gasteiger partial charge in [-0.15, -0.1) is 0 Å². The van der Waals surface area contributed by atoms with E-state index in [-0.39, 0.29) is 0 Å². The SMILES string of the molecule is CN1CCCC(CCN(C)CC(C)(C)CCN)C1. The second-order valence-electron chi connectivity index (χ2n) is 7.00. The van der Waals surface area contributed by atoms with Crippen LogP contribution in [0.25, 0.3) is 0 Å². The van der Waals surface area contributed by atoms with Gasteiger partial charge >= 0.3 is 0 Å². The summed E-state index contributed by atoms with van der Waals surface area (Å²) < 4.78 is 0. The maximum Gasteiger partial charge on any atom is 0.00301 e. The second-order valence-corrected chi connectivity index (χ2v) is 7.00. The minimum Gasteiger partial charge on any atom is -0.330 e. The molecule has 108 valence electrons. The summed E-state index contributed by atoms with van der Waals surface area (Å²) in [5.41, 5.74) is 6.03. The maximum absolute atomic E-state index is 5.67. The molecular weight excluding hydrogens is 222 g/mol. The fourth-order valence-corrected chi connectivity index (χ4v) is 3.19. The largest absolute Gasteiger partial charge is 0.330 e. The molecule has 1 heterocycles. The third kappa shape index (κ3) is 6.17. The quantitative estimate of drug-likeness (QED) is 0.755. The molecule has 1 aliphatic rings. The Balaban J connectivity index is 2.21. The van der Waals surface area contributed by atoms with Crippen LogP contribution in [-0.4, -0.2) is 56.6 Å². The monoisotopic (exact) mass is 255 g/mol. The van der Waals surface area contributed by atoms with Crippen molar-refractivity contribution >= 4 is 0 Å². The van der Waals surface area contributed by atoms with E-state index in [1.54, 1.807) is 0 Å². The molecule has 0 radical (unpaired) electrons. The van der Waals surface area contributed by atoms with Gasteiger partial charge < -0.3 is 15.5 Å². The summed E-state index contributed by atoms with van der Waals surface area (Å²) in [5.74, 6) is 0.906. The average molecular weight is 255 g/mol. The first kappa shape index (κ1) is 15.9. The highest BCUT2D eigenvalue weighted by Crippen LogP contribution is 2.22. The van der Waals surface area contributed by atoms with E-state index in [9.17, 15) is 0 Å². The molecule has 1 fully saturated rings. The molecule has 0 amide bonds. The Kier molecular flexibility index (Phi) is 6.61. The lowest BCUT2D eigenvalue weighted by Gasteiger charge is -2.33. The number of piperidine rings is 1. The highest BCUT2D eigenvalue weighted by atomic mass is 15.1. The van der Waals surface area contributed by atoms with Crippen LogP contribution in [0.4, 0.5) is 0 Å². The van der Waals surface area contributed by atoms with Crippen molar-refractivity contribution < 1.29 is 0 Å². The van der Waals surface area contributed by atoms with Crippen molar-refractivity contribution in [1.82, 2.24) is 9.80 Å². The van der Waals surface area contributed by atoms with Gasteiger partial charge in [-0.3, -0.25) is 0 Å². The van der Waals surface area contributed by atoms with Crippen LogP contribution in [0, 0.1) is 11.3 Å². The molecule has 0 aromatic heterocycles. The van der Waals surface area contributed by atoms with Crippen LogP contribution in [0.1, 0.15) is 39.5 Å². The van der Waals surface area contributed by atoms with Crippen molar-refractivity contribution in [2.24, 2.45) is 17.1 Å². The summed E-state index contributed by atoms with van der Waals surface area (Å²) in [6, 6.07) is 0. The molecule has 0 aromatic rings. The number of hydrogen-bond acceptors (Lipinski definition) is 3. The molecule has 2 N–H and O–H groups in total. The molecule has 1 rings (SSSR count). The van der Waals surface area contributed by atoms with Crippen LogP contribution in [0.3, 0.4) is 0 Å². The van der Waals surface area contributed by atoms with E-state index in [1.165, 1.54) is 38.9 Å². The van der Waals surface area contributed by atoms with E-state index in [1.807, 2.05) is 0 Å². The minimum absolute atomic E-state index is 0.354. The predicted molar refractivity (Wildman–Crippen MR) is 79.8 cm³/mol. The van der Waals surface area contributed by atoms with Crippen molar-refractivity contribution in [3.8, 4) is 0 Å². The summed E-state index contributed by atoms with van der Waals surface area (Å²) in [5, 5.41) is 0. The molecular formula is C15H33N3. The first-order valence-electron chi connectivity index (χ1n) is 7.50. The van der Waals surface area contributed by atoms with Gasteiger partial charge in [-0.05, 0) is 70.7 Å². The number of nitrogens with zero attached hydrogens (tertiary/aromatic N) is 2. The average Bonchev–Trinajstić information content (AvgIpc) is 2.25. The summed E-state index contributed by atoms with van der Waals surface area (Å²) >= 11 is 0. The number of hydrogen-bond donors (Lipinski definition) is 1. The molecule has 1 atom stereocenters. The Morgan fingerprint density at radius 2 is 2.11 bits per heavy atom. The number of likely N-dealkylation sites (tertiary alicyclic amines) is 1. The van der Waals surface area contributed by atoms with E-state index in [0.717, 1.165) is 25.4 Å². The van der Waals surface area contributed by atoms with E-state index in [4.69, 9.17) is 5.73 Å². The normalized spacial score (nSPS) is 22.7. The van der Waals surface area contributed by atoms with Crippen LogP contribution in [0.5, 0.6) is 0 Å². The molecule has 18 heavy (non-hydrogen) atoms. The first-order chi connectivity index (χ1) is 8.43. The summed E-state index contributed by atoms with van der Waals surface area (Å²) in [6.07, 6.45) is 5.26. The Morgan fingerprint density at radius 1 is 1.39 bits per heavy atom. The van der Waals surface area contributed by atoms with Gasteiger partial charge in [0.1, 0.15) is 0 Å². The van der Waals surface area contributed by atoms with Crippen molar-refractivity contribution in [3.05, 3.63) is 0 Å². The fraction of sp³-hybridized carbons (Fsp3) is 1.00. The smallest absolute Gasteiger partial charge is 0.00301 e. The molecule has 1 saturated heterocycles.